The van der Waals surface area contributed by atoms with Crippen LogP contribution in [0.1, 0.15) is 55.8 Å². The second-order valence-electron chi connectivity index (χ2n) is 9.67. The van der Waals surface area contributed by atoms with Crippen LogP contribution >= 0.6 is 0 Å². The lowest BCUT2D eigenvalue weighted by Crippen LogP contribution is -2.19. The number of benzene rings is 2. The zero-order valence-corrected chi connectivity index (χ0v) is 19.5. The second kappa shape index (κ2) is 8.84. The topological polar surface area (TPSA) is 54.5 Å². The van der Waals surface area contributed by atoms with Gasteiger partial charge in [-0.3, -0.25) is 9.97 Å². The molecule has 3 aromatic heterocycles. The van der Waals surface area contributed by atoms with E-state index in [2.05, 4.69) is 21.9 Å². The van der Waals surface area contributed by atoms with E-state index in [1.54, 1.807) is 30.6 Å². The van der Waals surface area contributed by atoms with E-state index in [-0.39, 0.29) is 17.6 Å². The third-order valence-corrected chi connectivity index (χ3v) is 7.65. The minimum Gasteiger partial charge on any atom is -0.342 e. The Bertz CT molecular complexity index is 1500. The molecule has 1 N–H and O–H groups in total. The van der Waals surface area contributed by atoms with Crippen LogP contribution in [0.15, 0.2) is 67.1 Å². The smallest absolute Gasteiger partial charge is 0.133 e. The molecule has 1 fully saturated rings. The molecular formula is C29H26F2N4. The molecule has 6 heteroatoms. The Morgan fingerprint density at radius 3 is 2.60 bits per heavy atom. The molecule has 0 amide bonds. The molecule has 1 saturated carbocycles. The van der Waals surface area contributed by atoms with E-state index < -0.39 is 0 Å². The quantitative estimate of drug-likeness (QED) is 0.297. The number of hydrogen-bond donors (Lipinski definition) is 1. The van der Waals surface area contributed by atoms with E-state index in [0.717, 1.165) is 53.5 Å². The molecule has 0 bridgehead atoms. The maximum Gasteiger partial charge on any atom is 0.133 e. The van der Waals surface area contributed by atoms with Gasteiger partial charge in [-0.1, -0.05) is 13.0 Å². The number of aromatic nitrogens is 4. The highest BCUT2D eigenvalue weighted by molar-refractivity contribution is 5.83. The maximum absolute atomic E-state index is 14.8. The normalized spacial score (nSPS) is 19.3. The average molecular weight is 469 g/mol. The zero-order chi connectivity index (χ0) is 23.9. The van der Waals surface area contributed by atoms with Crippen LogP contribution in [0.3, 0.4) is 0 Å². The molecule has 4 nitrogen and oxygen atoms in total. The first-order valence-electron chi connectivity index (χ1n) is 12.2. The van der Waals surface area contributed by atoms with Crippen molar-refractivity contribution < 1.29 is 8.78 Å². The number of nitrogens with one attached hydrogen (secondary N) is 1. The fourth-order valence-corrected chi connectivity index (χ4v) is 5.66. The van der Waals surface area contributed by atoms with Gasteiger partial charge >= 0.3 is 0 Å². The Hall–Kier alpha value is -3.67. The van der Waals surface area contributed by atoms with Crippen LogP contribution in [-0.2, 0) is 0 Å². The average Bonchev–Trinajstić information content (AvgIpc) is 3.31. The van der Waals surface area contributed by atoms with Gasteiger partial charge in [0.15, 0.2) is 0 Å². The Balaban J connectivity index is 1.21. The van der Waals surface area contributed by atoms with Crippen LogP contribution in [0.25, 0.3) is 33.1 Å². The molecule has 1 aliphatic carbocycles. The number of H-pyrrole nitrogens is 1. The van der Waals surface area contributed by atoms with Crippen molar-refractivity contribution >= 4 is 21.9 Å². The van der Waals surface area contributed by atoms with Crippen molar-refractivity contribution in [2.75, 3.05) is 0 Å². The van der Waals surface area contributed by atoms with Gasteiger partial charge in [0.2, 0.25) is 0 Å². The fraction of sp³-hybridized carbons (Fsp3) is 0.276. The van der Waals surface area contributed by atoms with Crippen molar-refractivity contribution in [3.63, 3.8) is 0 Å². The summed E-state index contributed by atoms with van der Waals surface area (Å²) in [7, 11) is 0. The summed E-state index contributed by atoms with van der Waals surface area (Å²) >= 11 is 0. The summed E-state index contributed by atoms with van der Waals surface area (Å²) in [6.45, 7) is 2.21. The molecule has 176 valence electrons. The van der Waals surface area contributed by atoms with E-state index in [4.69, 9.17) is 4.98 Å². The minimum atomic E-state index is -0.294. The lowest BCUT2D eigenvalue weighted by atomic mass is 9.73. The molecule has 0 aliphatic heterocycles. The van der Waals surface area contributed by atoms with E-state index in [1.165, 1.54) is 17.7 Å². The summed E-state index contributed by atoms with van der Waals surface area (Å²) in [5.74, 6) is 1.51. The Kier molecular flexibility index (Phi) is 5.51. The molecule has 1 atom stereocenters. The van der Waals surface area contributed by atoms with E-state index >= 15 is 0 Å². The van der Waals surface area contributed by atoms with Crippen LogP contribution in [0, 0.1) is 17.6 Å². The van der Waals surface area contributed by atoms with Gasteiger partial charge in [-0.15, -0.1) is 0 Å². The number of imidazole rings is 1. The Morgan fingerprint density at radius 2 is 1.80 bits per heavy atom. The van der Waals surface area contributed by atoms with Gasteiger partial charge in [-0.05, 0) is 79.5 Å². The van der Waals surface area contributed by atoms with Crippen molar-refractivity contribution in [2.24, 2.45) is 5.92 Å². The molecule has 6 rings (SSSR count). The molecule has 2 aromatic carbocycles. The fourth-order valence-electron chi connectivity index (χ4n) is 5.66. The van der Waals surface area contributed by atoms with Crippen molar-refractivity contribution in [1.29, 1.82) is 0 Å². The first kappa shape index (κ1) is 21.8. The van der Waals surface area contributed by atoms with Crippen molar-refractivity contribution in [3.05, 3.63) is 90.1 Å². The first-order valence-corrected chi connectivity index (χ1v) is 12.2. The van der Waals surface area contributed by atoms with Crippen LogP contribution in [0.5, 0.6) is 0 Å². The van der Waals surface area contributed by atoms with Crippen molar-refractivity contribution in [2.45, 2.75) is 44.4 Å². The molecule has 0 saturated heterocycles. The summed E-state index contributed by atoms with van der Waals surface area (Å²) in [6.07, 6.45) is 9.41. The molecule has 35 heavy (non-hydrogen) atoms. The van der Waals surface area contributed by atoms with Crippen LogP contribution in [-0.4, -0.2) is 19.9 Å². The minimum absolute atomic E-state index is 0.220. The molecule has 0 spiro atoms. The van der Waals surface area contributed by atoms with E-state index in [1.807, 2.05) is 24.4 Å². The number of hydrogen-bond acceptors (Lipinski definition) is 3. The predicted molar refractivity (Wildman–Crippen MR) is 134 cm³/mol. The van der Waals surface area contributed by atoms with Crippen molar-refractivity contribution in [1.82, 2.24) is 19.9 Å². The highest BCUT2D eigenvalue weighted by Gasteiger charge is 2.29. The van der Waals surface area contributed by atoms with Gasteiger partial charge in [0.1, 0.15) is 17.5 Å². The van der Waals surface area contributed by atoms with Crippen LogP contribution in [0.2, 0.25) is 0 Å². The molecule has 0 unspecified atom stereocenters. The lowest BCUT2D eigenvalue weighted by molar-refractivity contribution is 0.286. The summed E-state index contributed by atoms with van der Waals surface area (Å²) < 4.78 is 28.7. The predicted octanol–water partition coefficient (Wildman–Crippen LogP) is 7.53. The zero-order valence-electron chi connectivity index (χ0n) is 19.5. The molecule has 0 radical (unpaired) electrons. The monoisotopic (exact) mass is 468 g/mol. The lowest BCUT2D eigenvalue weighted by Gasteiger charge is -2.32. The SMILES string of the molecule is C[C@@H](c1nc2cc(F)c(-c3cccnc3)cc2[nH]1)[C@H]1CC[C@@H](c2ccnc3ccc(F)cc32)CC1. The standard InChI is InChI=1S/C29H26F2N4/c1-17(29-34-27-14-23(20-3-2-11-32-16-20)25(31)15-28(27)35-29)18-4-6-19(7-5-18)22-10-12-33-26-9-8-21(30)13-24(22)26/h2-3,8-19H,4-7H2,1H3,(H,34,35)/t17-,18-,19+/m1/s1. The van der Waals surface area contributed by atoms with Crippen LogP contribution < -0.4 is 0 Å². The highest BCUT2D eigenvalue weighted by atomic mass is 19.1. The van der Waals surface area contributed by atoms with Crippen LogP contribution in [0.4, 0.5) is 8.78 Å². The van der Waals surface area contributed by atoms with Crippen molar-refractivity contribution in [3.8, 4) is 11.1 Å². The summed E-state index contributed by atoms with van der Waals surface area (Å²) in [5.41, 5.74) is 4.80. The second-order valence-corrected chi connectivity index (χ2v) is 9.67. The van der Waals surface area contributed by atoms with Gasteiger partial charge in [-0.25, -0.2) is 13.8 Å². The third-order valence-electron chi connectivity index (χ3n) is 7.65. The number of fused-ring (bicyclic) bond motifs is 2. The van der Waals surface area contributed by atoms with Gasteiger partial charge in [0.25, 0.3) is 0 Å². The Labute approximate surface area is 202 Å². The molecular weight excluding hydrogens is 442 g/mol. The first-order chi connectivity index (χ1) is 17.1. The summed E-state index contributed by atoms with van der Waals surface area (Å²) in [6, 6.07) is 13.9. The van der Waals surface area contributed by atoms with Gasteiger partial charge in [0.05, 0.1) is 16.6 Å². The van der Waals surface area contributed by atoms with Gasteiger partial charge in [0, 0.05) is 47.1 Å². The Morgan fingerprint density at radius 1 is 0.943 bits per heavy atom. The summed E-state index contributed by atoms with van der Waals surface area (Å²) in [4.78, 5) is 16.7. The number of nitrogens with zero attached hydrogens (tertiary/aromatic N) is 3. The maximum atomic E-state index is 14.8. The number of halogens is 2. The highest BCUT2D eigenvalue weighted by Crippen LogP contribution is 2.43. The van der Waals surface area contributed by atoms with Gasteiger partial charge < -0.3 is 4.98 Å². The van der Waals surface area contributed by atoms with E-state index in [0.29, 0.717) is 22.9 Å². The van der Waals surface area contributed by atoms with E-state index in [9.17, 15) is 8.78 Å². The molecule has 5 aromatic rings. The van der Waals surface area contributed by atoms with Gasteiger partial charge in [-0.2, -0.15) is 0 Å². The largest absolute Gasteiger partial charge is 0.342 e. The number of pyridine rings is 2. The number of rotatable bonds is 4. The number of aromatic amines is 1. The molecule has 1 aliphatic rings. The molecule has 3 heterocycles. The third kappa shape index (κ3) is 4.07. The summed E-state index contributed by atoms with van der Waals surface area (Å²) in [5, 5.41) is 0.924.